The number of nitrogens with one attached hydrogen (secondary N) is 2. The first-order valence-electron chi connectivity index (χ1n) is 9.93. The Kier molecular flexibility index (Phi) is 7.17. The van der Waals surface area contributed by atoms with Crippen molar-refractivity contribution >= 4 is 50.1 Å². The number of rotatable bonds is 8. The van der Waals surface area contributed by atoms with Gasteiger partial charge in [-0.2, -0.15) is 9.40 Å². The van der Waals surface area contributed by atoms with Crippen molar-refractivity contribution in [1.82, 2.24) is 14.5 Å². The van der Waals surface area contributed by atoms with Gasteiger partial charge in [-0.25, -0.2) is 13.2 Å². The van der Waals surface area contributed by atoms with Crippen molar-refractivity contribution in [3.63, 3.8) is 0 Å². The molecule has 11 heteroatoms. The van der Waals surface area contributed by atoms with Crippen LogP contribution in [0.25, 0.3) is 10.9 Å². The van der Waals surface area contributed by atoms with Crippen LogP contribution < -0.4 is 5.32 Å². The van der Waals surface area contributed by atoms with Gasteiger partial charge < -0.3 is 10.1 Å². The molecule has 3 rings (SSSR count). The molecule has 170 valence electrons. The van der Waals surface area contributed by atoms with E-state index in [1.54, 1.807) is 38.1 Å². The Balaban J connectivity index is 1.75. The predicted molar refractivity (Wildman–Crippen MR) is 121 cm³/mol. The van der Waals surface area contributed by atoms with Gasteiger partial charge in [0.05, 0.1) is 21.1 Å². The zero-order valence-electron chi connectivity index (χ0n) is 17.8. The number of amides is 1. The molecule has 0 radical (unpaired) electrons. The first-order valence-corrected chi connectivity index (χ1v) is 11.8. The zero-order valence-corrected chi connectivity index (χ0v) is 19.3. The molecule has 0 spiro atoms. The van der Waals surface area contributed by atoms with Gasteiger partial charge in [-0.05, 0) is 31.2 Å². The number of aromatic nitrogens is 2. The lowest BCUT2D eigenvalue weighted by Crippen LogP contribution is -2.31. The van der Waals surface area contributed by atoms with Crippen molar-refractivity contribution in [1.29, 1.82) is 0 Å². The third-order valence-electron chi connectivity index (χ3n) is 4.86. The van der Waals surface area contributed by atoms with Crippen molar-refractivity contribution in [2.24, 2.45) is 0 Å². The van der Waals surface area contributed by atoms with Gasteiger partial charge in [-0.3, -0.25) is 9.89 Å². The lowest BCUT2D eigenvalue weighted by atomic mass is 10.2. The van der Waals surface area contributed by atoms with Crippen molar-refractivity contribution in [3.8, 4) is 0 Å². The summed E-state index contributed by atoms with van der Waals surface area (Å²) in [6, 6.07) is 11.1. The van der Waals surface area contributed by atoms with Crippen LogP contribution in [0.15, 0.2) is 47.4 Å². The Morgan fingerprint density at radius 3 is 2.56 bits per heavy atom. The minimum Gasteiger partial charge on any atom is -0.448 e. The number of halogens is 1. The van der Waals surface area contributed by atoms with Crippen molar-refractivity contribution in [2.45, 2.75) is 31.8 Å². The van der Waals surface area contributed by atoms with Crippen LogP contribution in [0.3, 0.4) is 0 Å². The number of anilines is 1. The molecule has 1 amide bonds. The molecule has 0 aliphatic heterocycles. The highest BCUT2D eigenvalue weighted by molar-refractivity contribution is 7.89. The van der Waals surface area contributed by atoms with Crippen LogP contribution in [0.2, 0.25) is 5.02 Å². The minimum atomic E-state index is -3.74. The number of aromatic amines is 1. The van der Waals surface area contributed by atoms with E-state index in [0.717, 1.165) is 0 Å². The molecule has 0 bridgehead atoms. The van der Waals surface area contributed by atoms with Gasteiger partial charge in [0.25, 0.3) is 5.91 Å². The van der Waals surface area contributed by atoms with E-state index in [1.165, 1.54) is 29.4 Å². The highest BCUT2D eigenvalue weighted by Crippen LogP contribution is 2.27. The van der Waals surface area contributed by atoms with E-state index in [-0.39, 0.29) is 21.3 Å². The standard InChI is InChI=1S/C21H23ClN4O5S/c1-4-26(5-2)32(29,30)14-10-11-16(22)18(12-14)23-20(27)13(3)31-21(28)19-15-8-6-7-9-17(15)24-25-19/h6-13H,4-5H2,1-3H3,(H,23,27)(H,24,25)/t13-/m0/s1. The third-order valence-corrected chi connectivity index (χ3v) is 7.23. The molecule has 2 N–H and O–H groups in total. The molecule has 0 aliphatic rings. The summed E-state index contributed by atoms with van der Waals surface area (Å²) in [6.45, 7) is 5.47. The largest absolute Gasteiger partial charge is 0.448 e. The molecule has 0 saturated carbocycles. The van der Waals surface area contributed by atoms with Crippen LogP contribution in [0, 0.1) is 0 Å². The van der Waals surface area contributed by atoms with Gasteiger partial charge in [0.1, 0.15) is 0 Å². The van der Waals surface area contributed by atoms with E-state index < -0.39 is 28.0 Å². The van der Waals surface area contributed by atoms with E-state index in [1.807, 2.05) is 0 Å². The van der Waals surface area contributed by atoms with E-state index in [9.17, 15) is 18.0 Å². The van der Waals surface area contributed by atoms with E-state index >= 15 is 0 Å². The zero-order chi connectivity index (χ0) is 23.5. The topological polar surface area (TPSA) is 121 Å². The summed E-state index contributed by atoms with van der Waals surface area (Å²) in [4.78, 5) is 25.1. The molecule has 2 aromatic carbocycles. The fourth-order valence-corrected chi connectivity index (χ4v) is 4.75. The fourth-order valence-electron chi connectivity index (χ4n) is 3.10. The number of benzene rings is 2. The van der Waals surface area contributed by atoms with Gasteiger partial charge >= 0.3 is 5.97 Å². The highest BCUT2D eigenvalue weighted by Gasteiger charge is 2.25. The van der Waals surface area contributed by atoms with Crippen LogP contribution >= 0.6 is 11.6 Å². The van der Waals surface area contributed by atoms with Gasteiger partial charge in [0.2, 0.25) is 10.0 Å². The molecule has 0 saturated heterocycles. The monoisotopic (exact) mass is 478 g/mol. The van der Waals surface area contributed by atoms with Gasteiger partial charge in [0, 0.05) is 18.5 Å². The average molecular weight is 479 g/mol. The minimum absolute atomic E-state index is 0.00598. The number of hydrogen-bond donors (Lipinski definition) is 2. The predicted octanol–water partition coefficient (Wildman–Crippen LogP) is 3.43. The summed E-state index contributed by atoms with van der Waals surface area (Å²) in [5, 5.41) is 9.93. The van der Waals surface area contributed by atoms with Gasteiger partial charge in [-0.15, -0.1) is 0 Å². The number of carbonyl (C=O) groups is 2. The smallest absolute Gasteiger partial charge is 0.360 e. The summed E-state index contributed by atoms with van der Waals surface area (Å²) in [7, 11) is -3.74. The van der Waals surface area contributed by atoms with E-state index in [0.29, 0.717) is 24.0 Å². The number of esters is 1. The van der Waals surface area contributed by atoms with Crippen LogP contribution in [0.5, 0.6) is 0 Å². The second-order valence-corrected chi connectivity index (χ2v) is 9.23. The number of sulfonamides is 1. The molecule has 32 heavy (non-hydrogen) atoms. The van der Waals surface area contributed by atoms with Crippen LogP contribution in [0.4, 0.5) is 5.69 Å². The Bertz CT molecular complexity index is 1250. The first-order chi connectivity index (χ1) is 15.2. The Morgan fingerprint density at radius 1 is 1.19 bits per heavy atom. The summed E-state index contributed by atoms with van der Waals surface area (Å²) in [5.74, 6) is -1.44. The molecular formula is C21H23ClN4O5S. The summed E-state index contributed by atoms with van der Waals surface area (Å²) >= 11 is 6.15. The molecule has 0 unspecified atom stereocenters. The lowest BCUT2D eigenvalue weighted by Gasteiger charge is -2.19. The number of para-hydroxylation sites is 1. The Hall–Kier alpha value is -2.95. The highest BCUT2D eigenvalue weighted by atomic mass is 35.5. The van der Waals surface area contributed by atoms with Crippen molar-refractivity contribution in [3.05, 3.63) is 53.2 Å². The van der Waals surface area contributed by atoms with Gasteiger partial charge in [-0.1, -0.05) is 43.6 Å². The molecule has 1 atom stereocenters. The number of hydrogen-bond acceptors (Lipinski definition) is 6. The maximum absolute atomic E-state index is 12.8. The first kappa shape index (κ1) is 23.7. The van der Waals surface area contributed by atoms with Crippen molar-refractivity contribution < 1.29 is 22.7 Å². The summed E-state index contributed by atoms with van der Waals surface area (Å²) in [5.41, 5.74) is 0.818. The molecule has 0 aliphatic carbocycles. The Labute approximate surface area is 190 Å². The summed E-state index contributed by atoms with van der Waals surface area (Å²) in [6.07, 6.45) is -1.18. The number of fused-ring (bicyclic) bond motifs is 1. The normalized spacial score (nSPS) is 12.7. The molecule has 1 heterocycles. The van der Waals surface area contributed by atoms with Crippen LogP contribution in [-0.2, 0) is 19.6 Å². The van der Waals surface area contributed by atoms with E-state index in [4.69, 9.17) is 16.3 Å². The second-order valence-electron chi connectivity index (χ2n) is 6.89. The van der Waals surface area contributed by atoms with Crippen LogP contribution in [0.1, 0.15) is 31.3 Å². The van der Waals surface area contributed by atoms with Crippen LogP contribution in [-0.4, -0.2) is 54.0 Å². The molecular weight excluding hydrogens is 456 g/mol. The third kappa shape index (κ3) is 4.77. The molecule has 1 aromatic heterocycles. The lowest BCUT2D eigenvalue weighted by molar-refractivity contribution is -0.123. The SMILES string of the molecule is CCN(CC)S(=O)(=O)c1ccc(Cl)c(NC(=O)[C@H](C)OC(=O)c2n[nH]c3ccccc23)c1. The average Bonchev–Trinajstić information content (AvgIpc) is 3.20. The van der Waals surface area contributed by atoms with E-state index in [2.05, 4.69) is 15.5 Å². The number of nitrogens with zero attached hydrogens (tertiary/aromatic N) is 2. The fraction of sp³-hybridized carbons (Fsp3) is 0.286. The van der Waals surface area contributed by atoms with Gasteiger partial charge in [0.15, 0.2) is 11.8 Å². The number of ether oxygens (including phenoxy) is 1. The Morgan fingerprint density at radius 2 is 1.88 bits per heavy atom. The maximum Gasteiger partial charge on any atom is 0.360 e. The number of H-pyrrole nitrogens is 1. The quantitative estimate of drug-likeness (QED) is 0.478. The molecule has 3 aromatic rings. The summed E-state index contributed by atoms with van der Waals surface area (Å²) < 4.78 is 32.0. The second kappa shape index (κ2) is 9.68. The van der Waals surface area contributed by atoms with Crippen molar-refractivity contribution in [2.75, 3.05) is 18.4 Å². The molecule has 0 fully saturated rings. The number of carbonyl (C=O) groups excluding carboxylic acids is 2. The molecule has 9 nitrogen and oxygen atoms in total. The maximum atomic E-state index is 12.8.